The Kier molecular flexibility index (Phi) is 4.98. The minimum Gasteiger partial charge on any atom is -0.508 e. The lowest BCUT2D eigenvalue weighted by Gasteiger charge is -2.31. The topological polar surface area (TPSA) is 107 Å². The molecule has 0 saturated carbocycles. The van der Waals surface area contributed by atoms with Crippen LogP contribution in [0.2, 0.25) is 0 Å². The van der Waals surface area contributed by atoms with Crippen LogP contribution in [-0.2, 0) is 14.4 Å². The molecule has 0 radical (unpaired) electrons. The van der Waals surface area contributed by atoms with Crippen LogP contribution < -0.4 is 5.32 Å². The second-order valence-corrected chi connectivity index (χ2v) is 7.61. The van der Waals surface area contributed by atoms with Crippen LogP contribution in [0.3, 0.4) is 0 Å². The van der Waals surface area contributed by atoms with Gasteiger partial charge < -0.3 is 10.2 Å². The van der Waals surface area contributed by atoms with E-state index < -0.39 is 35.3 Å². The number of phenols is 1. The molecule has 140 valence electrons. The SMILES string of the molecule is CCN1C(=O)[C@H]2[C@@H](C1=O)[C@@](CCSC)(C(=O)O)N[C@H]2c1ccccc1O. The first-order chi connectivity index (χ1) is 12.4. The Labute approximate surface area is 155 Å². The predicted octanol–water partition coefficient (Wildman–Crippen LogP) is 1.23. The van der Waals surface area contributed by atoms with Crippen LogP contribution in [0.5, 0.6) is 5.75 Å². The van der Waals surface area contributed by atoms with Crippen molar-refractivity contribution in [1.82, 2.24) is 10.2 Å². The molecule has 0 aromatic heterocycles. The maximum Gasteiger partial charge on any atom is 0.324 e. The number of amides is 2. The number of rotatable bonds is 6. The van der Waals surface area contributed by atoms with E-state index in [1.807, 2.05) is 6.26 Å². The third-order valence-corrected chi connectivity index (χ3v) is 6.03. The number of fused-ring (bicyclic) bond motifs is 1. The smallest absolute Gasteiger partial charge is 0.324 e. The van der Waals surface area contributed by atoms with E-state index in [1.54, 1.807) is 25.1 Å². The Morgan fingerprint density at radius 3 is 2.58 bits per heavy atom. The molecule has 2 aliphatic rings. The lowest BCUT2D eigenvalue weighted by atomic mass is 9.78. The number of imide groups is 1. The van der Waals surface area contributed by atoms with Gasteiger partial charge in [-0.1, -0.05) is 18.2 Å². The maximum atomic E-state index is 12.9. The van der Waals surface area contributed by atoms with E-state index in [-0.39, 0.29) is 24.6 Å². The number of para-hydroxylation sites is 1. The number of carboxylic acids is 1. The Balaban J connectivity index is 2.14. The zero-order valence-electron chi connectivity index (χ0n) is 14.6. The summed E-state index contributed by atoms with van der Waals surface area (Å²) >= 11 is 1.48. The van der Waals surface area contributed by atoms with E-state index in [0.717, 1.165) is 4.90 Å². The van der Waals surface area contributed by atoms with Crippen LogP contribution in [0.1, 0.15) is 24.9 Å². The van der Waals surface area contributed by atoms with Crippen LogP contribution in [0, 0.1) is 11.8 Å². The zero-order chi connectivity index (χ0) is 19.1. The van der Waals surface area contributed by atoms with Crippen molar-refractivity contribution in [1.29, 1.82) is 0 Å². The van der Waals surface area contributed by atoms with E-state index in [9.17, 15) is 24.6 Å². The molecule has 2 heterocycles. The van der Waals surface area contributed by atoms with Crippen molar-refractivity contribution in [3.8, 4) is 5.75 Å². The Hall–Kier alpha value is -2.06. The minimum atomic E-state index is -1.53. The number of nitrogens with one attached hydrogen (secondary N) is 1. The zero-order valence-corrected chi connectivity index (χ0v) is 15.5. The summed E-state index contributed by atoms with van der Waals surface area (Å²) in [4.78, 5) is 39.2. The first-order valence-corrected chi connectivity index (χ1v) is 9.91. The summed E-state index contributed by atoms with van der Waals surface area (Å²) in [6, 6.07) is 5.79. The largest absolute Gasteiger partial charge is 0.508 e. The fourth-order valence-electron chi connectivity index (χ4n) is 4.19. The fourth-order valence-corrected chi connectivity index (χ4v) is 4.71. The van der Waals surface area contributed by atoms with Crippen LogP contribution in [0.15, 0.2) is 24.3 Å². The van der Waals surface area contributed by atoms with Gasteiger partial charge in [-0.2, -0.15) is 11.8 Å². The van der Waals surface area contributed by atoms with E-state index in [1.165, 1.54) is 17.8 Å². The molecular formula is C18H22N2O5S. The van der Waals surface area contributed by atoms with E-state index in [4.69, 9.17) is 0 Å². The highest BCUT2D eigenvalue weighted by atomic mass is 32.2. The van der Waals surface area contributed by atoms with Crippen molar-refractivity contribution in [2.45, 2.75) is 24.9 Å². The maximum absolute atomic E-state index is 12.9. The molecule has 2 amide bonds. The summed E-state index contributed by atoms with van der Waals surface area (Å²) < 4.78 is 0. The molecule has 2 aliphatic heterocycles. The monoisotopic (exact) mass is 378 g/mol. The number of phenolic OH excluding ortho intramolecular Hbond substituents is 1. The van der Waals surface area contributed by atoms with Crippen molar-refractivity contribution in [2.24, 2.45) is 11.8 Å². The average Bonchev–Trinajstić information content (AvgIpc) is 3.08. The summed E-state index contributed by atoms with van der Waals surface area (Å²) in [7, 11) is 0. The van der Waals surface area contributed by atoms with Crippen LogP contribution in [0.4, 0.5) is 0 Å². The van der Waals surface area contributed by atoms with Gasteiger partial charge in [0.15, 0.2) is 0 Å². The highest BCUT2D eigenvalue weighted by Gasteiger charge is 2.68. The van der Waals surface area contributed by atoms with Gasteiger partial charge in [-0.3, -0.25) is 24.6 Å². The van der Waals surface area contributed by atoms with Crippen molar-refractivity contribution in [3.05, 3.63) is 29.8 Å². The molecule has 26 heavy (non-hydrogen) atoms. The number of benzene rings is 1. The third kappa shape index (κ3) is 2.59. The number of aliphatic carboxylic acids is 1. The summed E-state index contributed by atoms with van der Waals surface area (Å²) in [5.74, 6) is -3.28. The summed E-state index contributed by atoms with van der Waals surface area (Å²) in [6.45, 7) is 1.90. The number of nitrogens with zero attached hydrogens (tertiary/aromatic N) is 1. The van der Waals surface area contributed by atoms with Crippen molar-refractivity contribution in [3.63, 3.8) is 0 Å². The van der Waals surface area contributed by atoms with Gasteiger partial charge in [0, 0.05) is 18.2 Å². The first kappa shape index (κ1) is 18.7. The number of aromatic hydroxyl groups is 1. The molecule has 0 aliphatic carbocycles. The van der Waals surface area contributed by atoms with Gasteiger partial charge in [-0.15, -0.1) is 0 Å². The number of hydrogen-bond acceptors (Lipinski definition) is 6. The lowest BCUT2D eigenvalue weighted by Crippen LogP contribution is -2.56. The Bertz CT molecular complexity index is 755. The third-order valence-electron chi connectivity index (χ3n) is 5.42. The number of hydrogen-bond donors (Lipinski definition) is 3. The molecule has 8 heteroatoms. The van der Waals surface area contributed by atoms with Gasteiger partial charge >= 0.3 is 5.97 Å². The predicted molar refractivity (Wildman–Crippen MR) is 96.7 cm³/mol. The Morgan fingerprint density at radius 2 is 2.00 bits per heavy atom. The number of thioether (sulfide) groups is 1. The molecule has 0 bridgehead atoms. The van der Waals surface area contributed by atoms with Crippen LogP contribution >= 0.6 is 11.8 Å². The van der Waals surface area contributed by atoms with Crippen LogP contribution in [-0.4, -0.2) is 57.0 Å². The van der Waals surface area contributed by atoms with Gasteiger partial charge in [0.25, 0.3) is 0 Å². The fraction of sp³-hybridized carbons (Fsp3) is 0.500. The summed E-state index contributed by atoms with van der Waals surface area (Å²) in [6.07, 6.45) is 2.08. The number of likely N-dealkylation sites (tertiary alicyclic amines) is 1. The molecule has 3 rings (SSSR count). The van der Waals surface area contributed by atoms with Crippen molar-refractivity contribution < 1.29 is 24.6 Å². The van der Waals surface area contributed by atoms with E-state index >= 15 is 0 Å². The Morgan fingerprint density at radius 1 is 1.31 bits per heavy atom. The van der Waals surface area contributed by atoms with E-state index in [2.05, 4.69) is 5.32 Å². The van der Waals surface area contributed by atoms with Crippen LogP contribution in [0.25, 0.3) is 0 Å². The first-order valence-electron chi connectivity index (χ1n) is 8.52. The molecule has 1 aromatic rings. The molecule has 7 nitrogen and oxygen atoms in total. The quantitative estimate of drug-likeness (QED) is 0.639. The number of carboxylic acid groups (broad SMARTS) is 1. The van der Waals surface area contributed by atoms with E-state index in [0.29, 0.717) is 11.3 Å². The second kappa shape index (κ2) is 6.92. The number of carbonyl (C=O) groups excluding carboxylic acids is 2. The normalized spacial score (nSPS) is 30.7. The number of carbonyl (C=O) groups is 3. The second-order valence-electron chi connectivity index (χ2n) is 6.62. The molecule has 2 saturated heterocycles. The van der Waals surface area contributed by atoms with Gasteiger partial charge in [0.05, 0.1) is 11.8 Å². The molecule has 0 unspecified atom stereocenters. The molecular weight excluding hydrogens is 356 g/mol. The van der Waals surface area contributed by atoms with Gasteiger partial charge in [-0.25, -0.2) is 0 Å². The van der Waals surface area contributed by atoms with Gasteiger partial charge in [0.2, 0.25) is 11.8 Å². The minimum absolute atomic E-state index is 0.0231. The molecule has 2 fully saturated rings. The van der Waals surface area contributed by atoms with Gasteiger partial charge in [0.1, 0.15) is 11.3 Å². The van der Waals surface area contributed by atoms with Crippen molar-refractivity contribution >= 4 is 29.5 Å². The summed E-state index contributed by atoms with van der Waals surface area (Å²) in [5.41, 5.74) is -1.09. The molecule has 3 N–H and O–H groups in total. The molecule has 4 atom stereocenters. The highest BCUT2D eigenvalue weighted by Crippen LogP contribution is 2.51. The van der Waals surface area contributed by atoms with Crippen molar-refractivity contribution in [2.75, 3.05) is 18.6 Å². The van der Waals surface area contributed by atoms with Gasteiger partial charge in [-0.05, 0) is 31.4 Å². The lowest BCUT2D eigenvalue weighted by molar-refractivity contribution is -0.151. The molecule has 1 aromatic carbocycles. The molecule has 0 spiro atoms. The summed E-state index contributed by atoms with van der Waals surface area (Å²) in [5, 5.41) is 23.3. The standard InChI is InChI=1S/C18H22N2O5S/c1-3-20-15(22)12-13(16(20)23)18(17(24)25,8-9-26-2)19-14(12)10-6-4-5-7-11(10)21/h4-7,12-14,19,21H,3,8-9H2,1-2H3,(H,24,25)/t12-,13-,14-,18-/m0/s1. The highest BCUT2D eigenvalue weighted by molar-refractivity contribution is 7.98. The average molecular weight is 378 g/mol.